The molecular weight excluding hydrogens is 232 g/mol. The SMILES string of the molecule is CCCCNC(=O)CN1C2CCC1C(C(=O)O)C2. The minimum atomic E-state index is -0.710. The predicted octanol–water partition coefficient (Wildman–Crippen LogP) is 0.840. The van der Waals surface area contributed by atoms with Gasteiger partial charge in [0.15, 0.2) is 0 Å². The van der Waals surface area contributed by atoms with Crippen LogP contribution in [0.2, 0.25) is 0 Å². The van der Waals surface area contributed by atoms with Gasteiger partial charge in [-0.3, -0.25) is 14.5 Å². The highest BCUT2D eigenvalue weighted by Crippen LogP contribution is 2.41. The van der Waals surface area contributed by atoms with E-state index in [4.69, 9.17) is 5.11 Å². The first-order valence-electron chi connectivity index (χ1n) is 6.88. The third kappa shape index (κ3) is 2.66. The Bertz CT molecular complexity index is 332. The summed E-state index contributed by atoms with van der Waals surface area (Å²) in [6, 6.07) is 0.373. The normalized spacial score (nSPS) is 30.6. The van der Waals surface area contributed by atoms with Crippen molar-refractivity contribution in [1.29, 1.82) is 0 Å². The molecule has 2 saturated heterocycles. The highest BCUT2D eigenvalue weighted by Gasteiger charge is 2.49. The molecule has 0 aromatic heterocycles. The molecule has 0 aromatic rings. The largest absolute Gasteiger partial charge is 0.481 e. The molecule has 2 bridgehead atoms. The van der Waals surface area contributed by atoms with E-state index >= 15 is 0 Å². The molecule has 0 saturated carbocycles. The number of aliphatic carboxylic acids is 1. The molecule has 2 aliphatic heterocycles. The number of nitrogens with one attached hydrogen (secondary N) is 1. The van der Waals surface area contributed by atoms with Crippen LogP contribution in [0.5, 0.6) is 0 Å². The molecule has 2 aliphatic rings. The Kier molecular flexibility index (Phi) is 4.22. The standard InChI is InChI=1S/C13H22N2O3/c1-2-3-6-14-12(16)8-15-9-4-5-11(15)10(7-9)13(17)18/h9-11H,2-8H2,1H3,(H,14,16)(H,17,18). The van der Waals surface area contributed by atoms with Crippen LogP contribution in [0.1, 0.15) is 39.0 Å². The van der Waals surface area contributed by atoms with Gasteiger partial charge in [0.2, 0.25) is 5.91 Å². The van der Waals surface area contributed by atoms with Crippen molar-refractivity contribution in [3.63, 3.8) is 0 Å². The number of fused-ring (bicyclic) bond motifs is 2. The molecule has 0 aliphatic carbocycles. The molecule has 18 heavy (non-hydrogen) atoms. The van der Waals surface area contributed by atoms with Crippen LogP contribution in [0.25, 0.3) is 0 Å². The summed E-state index contributed by atoms with van der Waals surface area (Å²) in [6.07, 6.45) is 4.73. The first-order chi connectivity index (χ1) is 8.63. The average molecular weight is 254 g/mol. The fourth-order valence-corrected chi connectivity index (χ4v) is 3.24. The number of hydrogen-bond acceptors (Lipinski definition) is 3. The first-order valence-corrected chi connectivity index (χ1v) is 6.88. The number of nitrogens with zero attached hydrogens (tertiary/aromatic N) is 1. The van der Waals surface area contributed by atoms with Crippen LogP contribution >= 0.6 is 0 Å². The zero-order chi connectivity index (χ0) is 13.1. The van der Waals surface area contributed by atoms with E-state index in [0.717, 1.165) is 32.2 Å². The molecule has 3 atom stereocenters. The van der Waals surface area contributed by atoms with Gasteiger partial charge in [0.25, 0.3) is 0 Å². The van der Waals surface area contributed by atoms with Crippen LogP contribution in [-0.2, 0) is 9.59 Å². The molecule has 102 valence electrons. The lowest BCUT2D eigenvalue weighted by atomic mass is 9.89. The van der Waals surface area contributed by atoms with Crippen LogP contribution in [0.4, 0.5) is 0 Å². The zero-order valence-corrected chi connectivity index (χ0v) is 10.9. The van der Waals surface area contributed by atoms with E-state index in [1.54, 1.807) is 0 Å². The van der Waals surface area contributed by atoms with Crippen molar-refractivity contribution in [2.45, 2.75) is 51.1 Å². The maximum atomic E-state index is 11.8. The van der Waals surface area contributed by atoms with Gasteiger partial charge in [-0.2, -0.15) is 0 Å². The zero-order valence-electron chi connectivity index (χ0n) is 10.9. The quantitative estimate of drug-likeness (QED) is 0.689. The van der Waals surface area contributed by atoms with Crippen molar-refractivity contribution in [3.8, 4) is 0 Å². The van der Waals surface area contributed by atoms with E-state index < -0.39 is 5.97 Å². The smallest absolute Gasteiger partial charge is 0.308 e. The molecular formula is C13H22N2O3. The highest BCUT2D eigenvalue weighted by atomic mass is 16.4. The maximum absolute atomic E-state index is 11.8. The van der Waals surface area contributed by atoms with Crippen LogP contribution < -0.4 is 5.32 Å². The van der Waals surface area contributed by atoms with Gasteiger partial charge in [0.1, 0.15) is 0 Å². The molecule has 5 heteroatoms. The summed E-state index contributed by atoms with van der Waals surface area (Å²) in [5.74, 6) is -0.947. The van der Waals surface area contributed by atoms with Gasteiger partial charge in [-0.05, 0) is 25.7 Å². The minimum Gasteiger partial charge on any atom is -0.481 e. The molecule has 1 amide bonds. The van der Waals surface area contributed by atoms with Crippen molar-refractivity contribution in [2.75, 3.05) is 13.1 Å². The van der Waals surface area contributed by atoms with Gasteiger partial charge < -0.3 is 10.4 Å². The fraction of sp³-hybridized carbons (Fsp3) is 0.846. The summed E-state index contributed by atoms with van der Waals surface area (Å²) < 4.78 is 0. The Labute approximate surface area is 108 Å². The first kappa shape index (κ1) is 13.3. The molecule has 5 nitrogen and oxygen atoms in total. The Morgan fingerprint density at radius 2 is 2.17 bits per heavy atom. The summed E-state index contributed by atoms with van der Waals surface area (Å²) in [6.45, 7) is 3.17. The summed E-state index contributed by atoms with van der Waals surface area (Å²) in [7, 11) is 0. The van der Waals surface area contributed by atoms with E-state index in [1.165, 1.54) is 0 Å². The number of carboxylic acids is 1. The summed E-state index contributed by atoms with van der Waals surface area (Å²) in [4.78, 5) is 25.0. The van der Waals surface area contributed by atoms with E-state index in [0.29, 0.717) is 19.0 Å². The lowest BCUT2D eigenvalue weighted by molar-refractivity contribution is -0.143. The van der Waals surface area contributed by atoms with Crippen molar-refractivity contribution >= 4 is 11.9 Å². The Balaban J connectivity index is 1.83. The molecule has 0 radical (unpaired) electrons. The van der Waals surface area contributed by atoms with Crippen molar-refractivity contribution in [1.82, 2.24) is 10.2 Å². The predicted molar refractivity (Wildman–Crippen MR) is 67.2 cm³/mol. The average Bonchev–Trinajstić information content (AvgIpc) is 2.87. The molecule has 2 N–H and O–H groups in total. The number of hydrogen-bond donors (Lipinski definition) is 2. The molecule has 2 rings (SSSR count). The molecule has 0 spiro atoms. The topological polar surface area (TPSA) is 69.6 Å². The number of carbonyl (C=O) groups excluding carboxylic acids is 1. The van der Waals surface area contributed by atoms with Gasteiger partial charge >= 0.3 is 5.97 Å². The second-order valence-electron chi connectivity index (χ2n) is 5.35. The van der Waals surface area contributed by atoms with Crippen LogP contribution in [0.3, 0.4) is 0 Å². The van der Waals surface area contributed by atoms with Crippen LogP contribution in [0.15, 0.2) is 0 Å². The van der Waals surface area contributed by atoms with Crippen LogP contribution in [0, 0.1) is 5.92 Å². The fourth-order valence-electron chi connectivity index (χ4n) is 3.24. The number of carboxylic acid groups (broad SMARTS) is 1. The van der Waals surface area contributed by atoms with Crippen molar-refractivity contribution < 1.29 is 14.7 Å². The van der Waals surface area contributed by atoms with Gasteiger partial charge in [-0.25, -0.2) is 0 Å². The van der Waals surface area contributed by atoms with E-state index in [1.807, 2.05) is 0 Å². The number of amides is 1. The molecule has 0 aromatic carbocycles. The molecule has 3 unspecified atom stereocenters. The summed E-state index contributed by atoms with van der Waals surface area (Å²) in [5.41, 5.74) is 0. The van der Waals surface area contributed by atoms with Gasteiger partial charge in [-0.15, -0.1) is 0 Å². The summed E-state index contributed by atoms with van der Waals surface area (Å²) >= 11 is 0. The van der Waals surface area contributed by atoms with E-state index in [-0.39, 0.29) is 17.9 Å². The van der Waals surface area contributed by atoms with E-state index in [2.05, 4.69) is 17.1 Å². The second kappa shape index (κ2) is 5.69. The van der Waals surface area contributed by atoms with Crippen molar-refractivity contribution in [3.05, 3.63) is 0 Å². The third-order valence-corrected chi connectivity index (χ3v) is 4.18. The minimum absolute atomic E-state index is 0.0337. The number of unbranched alkanes of at least 4 members (excludes halogenated alkanes) is 1. The van der Waals surface area contributed by atoms with Gasteiger partial charge in [0, 0.05) is 18.6 Å². The van der Waals surface area contributed by atoms with Gasteiger partial charge in [0.05, 0.1) is 12.5 Å². The Morgan fingerprint density at radius 1 is 1.39 bits per heavy atom. The van der Waals surface area contributed by atoms with E-state index in [9.17, 15) is 9.59 Å². The number of carbonyl (C=O) groups is 2. The Morgan fingerprint density at radius 3 is 2.78 bits per heavy atom. The molecule has 2 fully saturated rings. The summed E-state index contributed by atoms with van der Waals surface area (Å²) in [5, 5.41) is 12.0. The van der Waals surface area contributed by atoms with Crippen LogP contribution in [-0.4, -0.2) is 47.1 Å². The van der Waals surface area contributed by atoms with Crippen molar-refractivity contribution in [2.24, 2.45) is 5.92 Å². The lowest BCUT2D eigenvalue weighted by Gasteiger charge is -2.21. The third-order valence-electron chi connectivity index (χ3n) is 4.18. The number of rotatable bonds is 6. The maximum Gasteiger partial charge on any atom is 0.308 e. The lowest BCUT2D eigenvalue weighted by Crippen LogP contribution is -2.41. The highest BCUT2D eigenvalue weighted by molar-refractivity contribution is 5.78. The monoisotopic (exact) mass is 254 g/mol. The Hall–Kier alpha value is -1.10. The van der Waals surface area contributed by atoms with Gasteiger partial charge in [-0.1, -0.05) is 13.3 Å². The second-order valence-corrected chi connectivity index (χ2v) is 5.35. The molecule has 2 heterocycles.